The average molecular weight is 358 g/mol. The summed E-state index contributed by atoms with van der Waals surface area (Å²) >= 11 is 6.11. The number of hydrogen-bond acceptors (Lipinski definition) is 3. The molecular weight excluding hydrogens is 338 g/mol. The average Bonchev–Trinajstić information content (AvgIpc) is 3.40. The normalized spacial score (nSPS) is 14.7. The summed E-state index contributed by atoms with van der Waals surface area (Å²) in [5.74, 6) is -0.578. The van der Waals surface area contributed by atoms with E-state index in [1.807, 2.05) is 31.2 Å². The third-order valence-electron chi connectivity index (χ3n) is 4.11. The van der Waals surface area contributed by atoms with Gasteiger partial charge < -0.3 is 16.4 Å². The lowest BCUT2D eigenvalue weighted by atomic mass is 10.1. The number of halogens is 1. The van der Waals surface area contributed by atoms with Crippen LogP contribution >= 0.6 is 11.6 Å². The standard InChI is InChI=1S/C19H20ClN3O2/c1-11-2-4-12(5-3-11)17(21)19(25)23-14-8-9-16(20)15(10-14)18(24)22-13-6-7-13/h2-5,8-10,13,17H,6-7,21H2,1H3,(H,22,24)(H,23,25). The molecule has 0 aromatic heterocycles. The number of anilines is 1. The zero-order valence-electron chi connectivity index (χ0n) is 13.9. The molecule has 0 bridgehead atoms. The number of aryl methyl sites for hydroxylation is 1. The highest BCUT2D eigenvalue weighted by Crippen LogP contribution is 2.24. The molecular formula is C19H20ClN3O2. The molecule has 0 saturated heterocycles. The first-order valence-corrected chi connectivity index (χ1v) is 8.55. The predicted octanol–water partition coefficient (Wildman–Crippen LogP) is 3.18. The molecule has 1 aliphatic carbocycles. The van der Waals surface area contributed by atoms with Crippen LogP contribution in [0, 0.1) is 6.92 Å². The van der Waals surface area contributed by atoms with Gasteiger partial charge in [0.05, 0.1) is 10.6 Å². The van der Waals surface area contributed by atoms with E-state index in [2.05, 4.69) is 10.6 Å². The molecule has 0 heterocycles. The molecule has 0 aliphatic heterocycles. The fraction of sp³-hybridized carbons (Fsp3) is 0.263. The number of nitrogens with one attached hydrogen (secondary N) is 2. The van der Waals surface area contributed by atoms with Crippen LogP contribution in [-0.4, -0.2) is 17.9 Å². The van der Waals surface area contributed by atoms with E-state index >= 15 is 0 Å². The SMILES string of the molecule is Cc1ccc(C(N)C(=O)Nc2ccc(Cl)c(C(=O)NC3CC3)c2)cc1. The molecule has 3 rings (SSSR count). The Balaban J connectivity index is 1.72. The number of nitrogens with two attached hydrogens (primary N) is 1. The van der Waals surface area contributed by atoms with Crippen molar-refractivity contribution in [3.63, 3.8) is 0 Å². The van der Waals surface area contributed by atoms with Gasteiger partial charge in [-0.05, 0) is 43.5 Å². The number of benzene rings is 2. The van der Waals surface area contributed by atoms with Crippen molar-refractivity contribution in [1.29, 1.82) is 0 Å². The minimum Gasteiger partial charge on any atom is -0.349 e. The molecule has 1 saturated carbocycles. The molecule has 2 aromatic rings. The summed E-state index contributed by atoms with van der Waals surface area (Å²) in [5, 5.41) is 5.97. The first-order chi connectivity index (χ1) is 11.9. The maximum absolute atomic E-state index is 12.4. The van der Waals surface area contributed by atoms with Gasteiger partial charge in [0.2, 0.25) is 5.91 Å². The second kappa shape index (κ2) is 7.25. The van der Waals surface area contributed by atoms with Crippen LogP contribution in [0.2, 0.25) is 5.02 Å². The lowest BCUT2D eigenvalue weighted by molar-refractivity contribution is -0.117. The van der Waals surface area contributed by atoms with Gasteiger partial charge in [-0.1, -0.05) is 41.4 Å². The van der Waals surface area contributed by atoms with E-state index in [9.17, 15) is 9.59 Å². The third kappa shape index (κ3) is 4.38. The number of rotatable bonds is 5. The molecule has 1 aliphatic rings. The molecule has 1 unspecified atom stereocenters. The molecule has 2 amide bonds. The summed E-state index contributed by atoms with van der Waals surface area (Å²) in [7, 11) is 0. The van der Waals surface area contributed by atoms with Gasteiger partial charge in [0.1, 0.15) is 6.04 Å². The lowest BCUT2D eigenvalue weighted by Gasteiger charge is -2.14. The van der Waals surface area contributed by atoms with Crippen molar-refractivity contribution in [3.05, 3.63) is 64.2 Å². The molecule has 0 radical (unpaired) electrons. The summed E-state index contributed by atoms with van der Waals surface area (Å²) in [6.07, 6.45) is 1.98. The van der Waals surface area contributed by atoms with Crippen molar-refractivity contribution in [2.24, 2.45) is 5.73 Å². The molecule has 6 heteroatoms. The quantitative estimate of drug-likeness (QED) is 0.768. The van der Waals surface area contributed by atoms with Crippen molar-refractivity contribution in [1.82, 2.24) is 5.32 Å². The van der Waals surface area contributed by atoms with Crippen LogP contribution in [0.15, 0.2) is 42.5 Å². The fourth-order valence-corrected chi connectivity index (χ4v) is 2.62. The Labute approximate surface area is 151 Å². The molecule has 2 aromatic carbocycles. The van der Waals surface area contributed by atoms with Gasteiger partial charge >= 0.3 is 0 Å². The summed E-state index contributed by atoms with van der Waals surface area (Å²) in [6.45, 7) is 1.97. The van der Waals surface area contributed by atoms with Gasteiger partial charge in [-0.15, -0.1) is 0 Å². The maximum Gasteiger partial charge on any atom is 0.253 e. The van der Waals surface area contributed by atoms with Crippen LogP contribution in [0.4, 0.5) is 5.69 Å². The maximum atomic E-state index is 12.4. The molecule has 5 nitrogen and oxygen atoms in total. The van der Waals surface area contributed by atoms with Gasteiger partial charge in [-0.2, -0.15) is 0 Å². The van der Waals surface area contributed by atoms with Gasteiger partial charge in [-0.3, -0.25) is 9.59 Å². The van der Waals surface area contributed by atoms with Crippen molar-refractivity contribution in [2.75, 3.05) is 5.32 Å². The third-order valence-corrected chi connectivity index (χ3v) is 4.44. The molecule has 4 N–H and O–H groups in total. The zero-order valence-corrected chi connectivity index (χ0v) is 14.6. The van der Waals surface area contributed by atoms with E-state index in [0.29, 0.717) is 16.3 Å². The van der Waals surface area contributed by atoms with Crippen LogP contribution in [0.5, 0.6) is 0 Å². The van der Waals surface area contributed by atoms with E-state index in [1.54, 1.807) is 18.2 Å². The molecule has 25 heavy (non-hydrogen) atoms. The van der Waals surface area contributed by atoms with Crippen molar-refractivity contribution in [2.45, 2.75) is 31.8 Å². The number of hydrogen-bond donors (Lipinski definition) is 3. The van der Waals surface area contributed by atoms with Crippen molar-refractivity contribution < 1.29 is 9.59 Å². The minimum absolute atomic E-state index is 0.230. The van der Waals surface area contributed by atoms with Crippen LogP contribution < -0.4 is 16.4 Å². The smallest absolute Gasteiger partial charge is 0.253 e. The number of carbonyl (C=O) groups excluding carboxylic acids is 2. The van der Waals surface area contributed by atoms with E-state index < -0.39 is 6.04 Å². The Bertz CT molecular complexity index is 801. The van der Waals surface area contributed by atoms with Crippen molar-refractivity contribution >= 4 is 29.1 Å². The highest BCUT2D eigenvalue weighted by Gasteiger charge is 2.25. The zero-order chi connectivity index (χ0) is 18.0. The molecule has 0 spiro atoms. The Morgan fingerprint density at radius 1 is 1.16 bits per heavy atom. The van der Waals surface area contributed by atoms with E-state index in [1.165, 1.54) is 0 Å². The number of amides is 2. The van der Waals surface area contributed by atoms with E-state index in [4.69, 9.17) is 17.3 Å². The van der Waals surface area contributed by atoms with E-state index in [-0.39, 0.29) is 17.9 Å². The predicted molar refractivity (Wildman–Crippen MR) is 98.7 cm³/mol. The Kier molecular flexibility index (Phi) is 5.06. The molecule has 1 atom stereocenters. The van der Waals surface area contributed by atoms with Gasteiger partial charge in [0, 0.05) is 11.7 Å². The van der Waals surface area contributed by atoms with Crippen molar-refractivity contribution in [3.8, 4) is 0 Å². The Hall–Kier alpha value is -2.37. The Morgan fingerprint density at radius 3 is 2.48 bits per heavy atom. The second-order valence-corrected chi connectivity index (χ2v) is 6.73. The summed E-state index contributed by atoms with van der Waals surface area (Å²) in [5.41, 5.74) is 8.67. The van der Waals surface area contributed by atoms with Gasteiger partial charge in [-0.25, -0.2) is 0 Å². The molecule has 1 fully saturated rings. The monoisotopic (exact) mass is 357 g/mol. The van der Waals surface area contributed by atoms with E-state index in [0.717, 1.165) is 24.0 Å². The van der Waals surface area contributed by atoms with Gasteiger partial charge in [0.25, 0.3) is 5.91 Å². The second-order valence-electron chi connectivity index (χ2n) is 6.32. The number of carbonyl (C=O) groups is 2. The summed E-state index contributed by atoms with van der Waals surface area (Å²) < 4.78 is 0. The fourth-order valence-electron chi connectivity index (χ4n) is 2.41. The van der Waals surface area contributed by atoms with Crippen LogP contribution in [-0.2, 0) is 4.79 Å². The van der Waals surface area contributed by atoms with Crippen LogP contribution in [0.25, 0.3) is 0 Å². The largest absolute Gasteiger partial charge is 0.349 e. The summed E-state index contributed by atoms with van der Waals surface area (Å²) in [4.78, 5) is 24.6. The summed E-state index contributed by atoms with van der Waals surface area (Å²) in [6, 6.07) is 11.7. The topological polar surface area (TPSA) is 84.2 Å². The van der Waals surface area contributed by atoms with Crippen LogP contribution in [0.3, 0.4) is 0 Å². The highest BCUT2D eigenvalue weighted by atomic mass is 35.5. The molecule has 130 valence electrons. The first kappa shape index (κ1) is 17.5. The Morgan fingerprint density at radius 2 is 1.84 bits per heavy atom. The highest BCUT2D eigenvalue weighted by molar-refractivity contribution is 6.34. The van der Waals surface area contributed by atoms with Gasteiger partial charge in [0.15, 0.2) is 0 Å². The lowest BCUT2D eigenvalue weighted by Crippen LogP contribution is -2.28. The first-order valence-electron chi connectivity index (χ1n) is 8.17. The van der Waals surface area contributed by atoms with Crippen LogP contribution in [0.1, 0.15) is 40.4 Å². The minimum atomic E-state index is -0.792.